The van der Waals surface area contributed by atoms with Crippen molar-refractivity contribution in [3.05, 3.63) is 78.0 Å². The highest BCUT2D eigenvalue weighted by Crippen LogP contribution is 2.34. The van der Waals surface area contributed by atoms with Gasteiger partial charge in [0.05, 0.1) is 57.7 Å². The monoisotopic (exact) mass is 605 g/mol. The van der Waals surface area contributed by atoms with Gasteiger partial charge < -0.3 is 24.2 Å². The molecule has 5 heterocycles. The fraction of sp³-hybridized carbons (Fsp3) is 0.375. The summed E-state index contributed by atoms with van der Waals surface area (Å²) in [7, 11) is 0. The molecule has 0 aliphatic carbocycles. The van der Waals surface area contributed by atoms with Crippen LogP contribution in [-0.2, 0) is 17.8 Å². The number of aromatic nitrogens is 3. The Morgan fingerprint density at radius 2 is 1.82 bits per heavy atom. The average Bonchev–Trinajstić information content (AvgIpc) is 3.03. The number of alkyl halides is 2. The Bertz CT molecular complexity index is 1610. The van der Waals surface area contributed by atoms with E-state index in [1.807, 2.05) is 12.1 Å². The Kier molecular flexibility index (Phi) is 8.91. The summed E-state index contributed by atoms with van der Waals surface area (Å²) in [6, 6.07) is 11.9. The smallest absolute Gasteiger partial charge is 0.282 e. The zero-order valence-corrected chi connectivity index (χ0v) is 24.1. The summed E-state index contributed by atoms with van der Waals surface area (Å²) < 4.78 is 44.0. The maximum Gasteiger partial charge on any atom is 0.282 e. The second kappa shape index (κ2) is 13.2. The number of hydrogen-bond donors (Lipinski definition) is 1. The van der Waals surface area contributed by atoms with E-state index in [1.165, 1.54) is 23.4 Å². The first-order chi connectivity index (χ1) is 21.4. The maximum absolute atomic E-state index is 13.3. The van der Waals surface area contributed by atoms with Crippen LogP contribution in [0.5, 0.6) is 17.2 Å². The van der Waals surface area contributed by atoms with Gasteiger partial charge in [-0.3, -0.25) is 24.6 Å². The summed E-state index contributed by atoms with van der Waals surface area (Å²) in [5.41, 5.74) is 2.55. The minimum Gasteiger partial charge on any atom is -0.493 e. The number of carbonyl (C=O) groups is 1. The zero-order chi connectivity index (χ0) is 30.5. The molecule has 0 spiro atoms. The molecule has 0 bridgehead atoms. The topological polar surface area (TPSA) is 110 Å². The number of pyridine rings is 3. The minimum absolute atomic E-state index is 0.000163. The van der Waals surface area contributed by atoms with Crippen molar-refractivity contribution >= 4 is 22.4 Å². The largest absolute Gasteiger partial charge is 0.493 e. The van der Waals surface area contributed by atoms with E-state index in [2.05, 4.69) is 19.9 Å². The number of fused-ring (bicyclic) bond motifs is 1. The van der Waals surface area contributed by atoms with Gasteiger partial charge in [0.1, 0.15) is 22.9 Å². The molecule has 2 saturated heterocycles. The molecule has 12 heteroatoms. The van der Waals surface area contributed by atoms with E-state index in [0.717, 1.165) is 39.3 Å². The first-order valence-corrected chi connectivity index (χ1v) is 14.6. The summed E-state index contributed by atoms with van der Waals surface area (Å²) in [4.78, 5) is 29.7. The molecule has 4 aromatic rings. The van der Waals surface area contributed by atoms with Gasteiger partial charge in [-0.15, -0.1) is 0 Å². The number of benzene rings is 1. The third kappa shape index (κ3) is 7.09. The van der Waals surface area contributed by atoms with E-state index in [9.17, 15) is 18.7 Å². The Balaban J connectivity index is 1.08. The van der Waals surface area contributed by atoms with E-state index in [1.54, 1.807) is 30.5 Å². The second-order valence-electron chi connectivity index (χ2n) is 10.9. The molecule has 6 rings (SSSR count). The van der Waals surface area contributed by atoms with Crippen LogP contribution in [0.3, 0.4) is 0 Å². The molecule has 10 nitrogen and oxygen atoms in total. The second-order valence-corrected chi connectivity index (χ2v) is 10.9. The molecule has 2 aliphatic rings. The third-order valence-electron chi connectivity index (χ3n) is 7.64. The van der Waals surface area contributed by atoms with Crippen LogP contribution in [0, 0.1) is 0 Å². The van der Waals surface area contributed by atoms with Gasteiger partial charge in [-0.2, -0.15) is 0 Å². The van der Waals surface area contributed by atoms with Gasteiger partial charge in [-0.05, 0) is 42.8 Å². The van der Waals surface area contributed by atoms with E-state index >= 15 is 0 Å². The number of aliphatic hydroxyl groups excluding tert-OH is 1. The van der Waals surface area contributed by atoms with E-state index < -0.39 is 5.92 Å². The van der Waals surface area contributed by atoms with Crippen LogP contribution in [0.15, 0.2) is 61.1 Å². The predicted octanol–water partition coefficient (Wildman–Crippen LogP) is 4.29. The molecule has 2 fully saturated rings. The lowest BCUT2D eigenvalue weighted by Crippen LogP contribution is -2.56. The SMILES string of the molecule is O=C(Cc1ccc(Oc2ccnc3cc(OCCCN4CCOCC4)c(CO)cc23)cn1)c1cc(N2CC(F)(F)C2)ccn1. The van der Waals surface area contributed by atoms with Crippen molar-refractivity contribution in [3.63, 3.8) is 0 Å². The van der Waals surface area contributed by atoms with Crippen LogP contribution in [0.25, 0.3) is 10.9 Å². The molecular formula is C32H33F2N5O5. The number of hydrogen-bond acceptors (Lipinski definition) is 10. The molecule has 44 heavy (non-hydrogen) atoms. The number of carbonyl (C=O) groups excluding carboxylic acids is 1. The van der Waals surface area contributed by atoms with Crippen LogP contribution >= 0.6 is 0 Å². The van der Waals surface area contributed by atoms with Gasteiger partial charge in [0.15, 0.2) is 5.78 Å². The van der Waals surface area contributed by atoms with Gasteiger partial charge in [0, 0.05) is 60.4 Å². The van der Waals surface area contributed by atoms with Gasteiger partial charge in [0.2, 0.25) is 0 Å². The number of ether oxygens (including phenoxy) is 3. The number of anilines is 1. The molecule has 2 aliphatic heterocycles. The molecule has 0 unspecified atom stereocenters. The predicted molar refractivity (Wildman–Crippen MR) is 159 cm³/mol. The van der Waals surface area contributed by atoms with Crippen molar-refractivity contribution in [2.45, 2.75) is 25.4 Å². The van der Waals surface area contributed by atoms with Gasteiger partial charge in [-0.1, -0.05) is 0 Å². The number of morpholine rings is 1. The first-order valence-electron chi connectivity index (χ1n) is 14.6. The van der Waals surface area contributed by atoms with Gasteiger partial charge in [-0.25, -0.2) is 8.78 Å². The normalized spacial score (nSPS) is 16.5. The average molecular weight is 606 g/mol. The highest BCUT2D eigenvalue weighted by atomic mass is 19.3. The van der Waals surface area contributed by atoms with Crippen molar-refractivity contribution in [3.8, 4) is 17.2 Å². The van der Waals surface area contributed by atoms with Crippen molar-refractivity contribution < 1.29 is 32.9 Å². The molecule has 0 saturated carbocycles. The molecule has 0 atom stereocenters. The zero-order valence-electron chi connectivity index (χ0n) is 24.1. The molecule has 1 aromatic carbocycles. The van der Waals surface area contributed by atoms with E-state index in [4.69, 9.17) is 14.2 Å². The molecule has 0 amide bonds. The van der Waals surface area contributed by atoms with Crippen molar-refractivity contribution in [1.29, 1.82) is 0 Å². The van der Waals surface area contributed by atoms with Gasteiger partial charge in [0.25, 0.3) is 5.92 Å². The van der Waals surface area contributed by atoms with Crippen LogP contribution < -0.4 is 14.4 Å². The number of halogens is 2. The Morgan fingerprint density at radius 3 is 2.57 bits per heavy atom. The van der Waals surface area contributed by atoms with Crippen LogP contribution in [-0.4, -0.2) is 89.2 Å². The minimum atomic E-state index is -2.70. The van der Waals surface area contributed by atoms with Crippen LogP contribution in [0.2, 0.25) is 0 Å². The molecular weight excluding hydrogens is 572 g/mol. The van der Waals surface area contributed by atoms with Crippen molar-refractivity contribution in [1.82, 2.24) is 19.9 Å². The van der Waals surface area contributed by atoms with Crippen LogP contribution in [0.4, 0.5) is 14.5 Å². The summed E-state index contributed by atoms with van der Waals surface area (Å²) in [5, 5.41) is 10.8. The van der Waals surface area contributed by atoms with Crippen LogP contribution in [0.1, 0.15) is 28.2 Å². The van der Waals surface area contributed by atoms with Gasteiger partial charge >= 0.3 is 0 Å². The Hall–Kier alpha value is -4.26. The highest BCUT2D eigenvalue weighted by Gasteiger charge is 2.44. The third-order valence-corrected chi connectivity index (χ3v) is 7.64. The number of aliphatic hydroxyl groups is 1. The molecule has 0 radical (unpaired) electrons. The number of Topliss-reactive ketones (excluding diaryl/α,β-unsaturated/α-hetero) is 1. The Morgan fingerprint density at radius 1 is 1.00 bits per heavy atom. The standard InChI is InChI=1S/C32H33F2N5O5/c33-32(34)20-39(21-32)24-4-6-36-28(16-24)29(41)15-23-2-3-25(18-37-23)44-30-5-7-35-27-17-31(22(19-40)14-26(27)30)43-11-1-8-38-9-12-42-13-10-38/h2-7,14,16-18,40H,1,8-13,15,19-21H2. The first kappa shape index (κ1) is 29.8. The maximum atomic E-state index is 13.3. The summed E-state index contributed by atoms with van der Waals surface area (Å²) >= 11 is 0. The number of rotatable bonds is 12. The lowest BCUT2D eigenvalue weighted by molar-refractivity contribution is -0.0262. The molecule has 3 aromatic heterocycles. The van der Waals surface area contributed by atoms with Crippen molar-refractivity contribution in [2.24, 2.45) is 0 Å². The fourth-order valence-corrected chi connectivity index (χ4v) is 5.26. The highest BCUT2D eigenvalue weighted by molar-refractivity contribution is 5.96. The summed E-state index contributed by atoms with van der Waals surface area (Å²) in [6.07, 6.45) is 5.48. The number of ketones is 1. The summed E-state index contributed by atoms with van der Waals surface area (Å²) in [6.45, 7) is 3.89. The van der Waals surface area contributed by atoms with E-state index in [-0.39, 0.29) is 37.6 Å². The molecule has 1 N–H and O–H groups in total. The Labute approximate surface area is 253 Å². The fourth-order valence-electron chi connectivity index (χ4n) is 5.26. The van der Waals surface area contributed by atoms with Crippen molar-refractivity contribution in [2.75, 3.05) is 57.4 Å². The van der Waals surface area contributed by atoms with E-state index in [0.29, 0.717) is 51.7 Å². The lowest BCUT2D eigenvalue weighted by Gasteiger charge is -2.40. The number of nitrogens with zero attached hydrogens (tertiary/aromatic N) is 5. The summed E-state index contributed by atoms with van der Waals surface area (Å²) in [5.74, 6) is -1.39. The molecule has 230 valence electrons. The quantitative estimate of drug-likeness (QED) is 0.186. The lowest BCUT2D eigenvalue weighted by atomic mass is 10.1.